The number of aromatic nitrogens is 1. The number of amides is 1. The molecule has 5 nitrogen and oxygen atoms in total. The minimum atomic E-state index is -0.209. The second kappa shape index (κ2) is 17.6. The fourth-order valence-electron chi connectivity index (χ4n) is 4.98. The van der Waals surface area contributed by atoms with Gasteiger partial charge in [-0.15, -0.1) is 0 Å². The Bertz CT molecular complexity index is 1200. The third-order valence-corrected chi connectivity index (χ3v) is 8.08. The van der Waals surface area contributed by atoms with E-state index in [-0.39, 0.29) is 11.7 Å². The van der Waals surface area contributed by atoms with Gasteiger partial charge in [0.1, 0.15) is 0 Å². The number of hydrogen-bond acceptors (Lipinski definition) is 4. The van der Waals surface area contributed by atoms with Crippen LogP contribution in [0.4, 0.5) is 5.69 Å². The minimum Gasteiger partial charge on any atom is -0.491 e. The number of rotatable bonds is 19. The fourth-order valence-corrected chi connectivity index (χ4v) is 5.61. The third kappa shape index (κ3) is 10.5. The lowest BCUT2D eigenvalue weighted by Gasteiger charge is -2.16. The van der Waals surface area contributed by atoms with Crippen molar-refractivity contribution in [2.75, 3.05) is 11.9 Å². The van der Waals surface area contributed by atoms with Crippen LogP contribution in [0.15, 0.2) is 54.2 Å². The highest BCUT2D eigenvalue weighted by atomic mass is 32.1. The number of carbonyl (C=O) groups excluding carboxylic acids is 2. The van der Waals surface area contributed by atoms with Gasteiger partial charge in [-0.3, -0.25) is 9.59 Å². The summed E-state index contributed by atoms with van der Waals surface area (Å²) in [5.41, 5.74) is 4.63. The molecule has 1 amide bonds. The molecule has 1 aromatic heterocycles. The summed E-state index contributed by atoms with van der Waals surface area (Å²) in [6.45, 7) is 7.01. The number of nitrogens with one attached hydrogen (secondary N) is 1. The zero-order chi connectivity index (χ0) is 28.6. The number of thiazole rings is 1. The van der Waals surface area contributed by atoms with Crippen molar-refractivity contribution in [2.45, 2.75) is 104 Å². The molecule has 1 N–H and O–H groups in total. The van der Waals surface area contributed by atoms with Crippen molar-refractivity contribution in [3.05, 3.63) is 75.7 Å². The molecule has 0 saturated carbocycles. The normalized spacial score (nSPS) is 11.0. The topological polar surface area (TPSA) is 59.3 Å². The van der Waals surface area contributed by atoms with Gasteiger partial charge in [-0.2, -0.15) is 4.57 Å². The van der Waals surface area contributed by atoms with Crippen molar-refractivity contribution in [1.29, 1.82) is 0 Å². The van der Waals surface area contributed by atoms with Crippen molar-refractivity contribution in [2.24, 2.45) is 0 Å². The number of carbonyl (C=O) groups is 2. The van der Waals surface area contributed by atoms with Gasteiger partial charge in [0.2, 0.25) is 5.51 Å². The number of ether oxygens (including phenoxy) is 1. The highest BCUT2D eigenvalue weighted by Gasteiger charge is 2.19. The lowest BCUT2D eigenvalue weighted by molar-refractivity contribution is -0.683. The molecule has 2 aromatic carbocycles. The number of ketones is 1. The van der Waals surface area contributed by atoms with Gasteiger partial charge in [0.05, 0.1) is 22.7 Å². The molecule has 0 saturated heterocycles. The quantitative estimate of drug-likeness (QED) is 0.0900. The van der Waals surface area contributed by atoms with Crippen molar-refractivity contribution in [1.82, 2.24) is 0 Å². The number of Topliss-reactive ketones (excluding diaryl/α,β-unsaturated/α-hetero) is 1. The number of para-hydroxylation sites is 1. The Hall–Kier alpha value is -2.99. The first-order valence-electron chi connectivity index (χ1n) is 15.1. The zero-order valence-electron chi connectivity index (χ0n) is 24.7. The average molecular weight is 564 g/mol. The maximum atomic E-state index is 13.4. The largest absolute Gasteiger partial charge is 0.491 e. The lowest BCUT2D eigenvalue weighted by atomic mass is 10.1. The van der Waals surface area contributed by atoms with Crippen molar-refractivity contribution >= 4 is 28.7 Å². The highest BCUT2D eigenvalue weighted by molar-refractivity contribution is 7.09. The van der Waals surface area contributed by atoms with E-state index in [1.54, 1.807) is 23.5 Å². The molecule has 0 radical (unpaired) electrons. The molecule has 216 valence electrons. The first-order chi connectivity index (χ1) is 19.5. The molecule has 0 aliphatic carbocycles. The molecular weight excluding hydrogens is 516 g/mol. The molecule has 0 unspecified atom stereocenters. The van der Waals surface area contributed by atoms with Crippen molar-refractivity contribution < 1.29 is 18.9 Å². The molecule has 0 fully saturated rings. The van der Waals surface area contributed by atoms with Gasteiger partial charge in [0, 0.05) is 11.1 Å². The van der Waals surface area contributed by atoms with Crippen molar-refractivity contribution in [3.63, 3.8) is 0 Å². The molecule has 3 rings (SSSR count). The smallest absolute Gasteiger partial charge is 0.256 e. The Kier molecular flexibility index (Phi) is 13.9. The van der Waals surface area contributed by atoms with E-state index in [2.05, 4.69) is 35.4 Å². The van der Waals surface area contributed by atoms with E-state index in [0.717, 1.165) is 18.4 Å². The van der Waals surface area contributed by atoms with E-state index in [4.69, 9.17) is 4.74 Å². The molecule has 6 heteroatoms. The molecule has 0 aliphatic rings. The second-order valence-electron chi connectivity index (χ2n) is 10.7. The molecule has 0 atom stereocenters. The Balaban J connectivity index is 1.51. The van der Waals surface area contributed by atoms with Crippen LogP contribution in [-0.4, -0.2) is 18.3 Å². The number of unbranched alkanes of at least 4 members (excludes halogenated alkanes) is 11. The standard InChI is InChI=1S/C34H46N2O3S/c1-4-5-6-7-8-9-10-11-12-13-14-17-23-39-33-30(28(3)37)21-18-22-32(33)35-34(38)31-20-16-15-19-29(31)25-36-24-27(2)40-26-36/h15-16,18-22,24,26H,4-14,17,23,25H2,1-3H3/p+1. The van der Waals surface area contributed by atoms with Gasteiger partial charge < -0.3 is 10.1 Å². The first-order valence-corrected chi connectivity index (χ1v) is 16.0. The summed E-state index contributed by atoms with van der Waals surface area (Å²) in [6.07, 6.45) is 17.4. The van der Waals surface area contributed by atoms with Crippen LogP contribution in [0.3, 0.4) is 0 Å². The summed E-state index contributed by atoms with van der Waals surface area (Å²) in [4.78, 5) is 27.0. The van der Waals surface area contributed by atoms with Gasteiger partial charge in [-0.25, -0.2) is 0 Å². The molecule has 0 spiro atoms. The number of aryl methyl sites for hydroxylation is 1. The van der Waals surface area contributed by atoms with Crippen LogP contribution in [-0.2, 0) is 6.54 Å². The van der Waals surface area contributed by atoms with Crippen LogP contribution < -0.4 is 14.6 Å². The van der Waals surface area contributed by atoms with E-state index in [9.17, 15) is 9.59 Å². The maximum Gasteiger partial charge on any atom is 0.256 e. The van der Waals surface area contributed by atoms with Gasteiger partial charge >= 0.3 is 0 Å². The SMILES string of the molecule is CCCCCCCCCCCCCCOc1c(NC(=O)c2ccccc2C[n+]2csc(C)c2)cccc1C(C)=O. The Morgan fingerprint density at radius 3 is 2.08 bits per heavy atom. The second-order valence-corrected chi connectivity index (χ2v) is 11.8. The molecule has 0 bridgehead atoms. The first kappa shape index (κ1) is 31.5. The predicted molar refractivity (Wildman–Crippen MR) is 166 cm³/mol. The molecule has 3 aromatic rings. The van der Waals surface area contributed by atoms with E-state index in [0.29, 0.717) is 35.7 Å². The summed E-state index contributed by atoms with van der Waals surface area (Å²) < 4.78 is 8.24. The number of hydrogen-bond donors (Lipinski definition) is 1. The van der Waals surface area contributed by atoms with Crippen LogP contribution >= 0.6 is 11.3 Å². The Labute approximate surface area is 245 Å². The Morgan fingerprint density at radius 1 is 0.825 bits per heavy atom. The fraction of sp³-hybridized carbons (Fsp3) is 0.500. The highest BCUT2D eigenvalue weighted by Crippen LogP contribution is 2.30. The van der Waals surface area contributed by atoms with Gasteiger partial charge in [-0.1, -0.05) is 113 Å². The average Bonchev–Trinajstić information content (AvgIpc) is 3.36. The summed E-state index contributed by atoms with van der Waals surface area (Å²) in [5.74, 6) is 0.177. The van der Waals surface area contributed by atoms with Crippen LogP contribution in [0, 0.1) is 6.92 Å². The van der Waals surface area contributed by atoms with Crippen LogP contribution in [0.25, 0.3) is 0 Å². The zero-order valence-corrected chi connectivity index (χ0v) is 25.5. The number of anilines is 1. The van der Waals surface area contributed by atoms with E-state index in [1.807, 2.05) is 30.3 Å². The van der Waals surface area contributed by atoms with E-state index in [1.165, 1.54) is 76.0 Å². The van der Waals surface area contributed by atoms with Gasteiger partial charge in [0.25, 0.3) is 5.91 Å². The Morgan fingerprint density at radius 2 is 1.45 bits per heavy atom. The monoisotopic (exact) mass is 563 g/mol. The van der Waals surface area contributed by atoms with Gasteiger partial charge in [-0.05, 0) is 38.5 Å². The number of nitrogens with zero attached hydrogens (tertiary/aromatic N) is 1. The van der Waals surface area contributed by atoms with Crippen LogP contribution in [0.5, 0.6) is 5.75 Å². The molecule has 1 heterocycles. The van der Waals surface area contributed by atoms with Crippen LogP contribution in [0.1, 0.15) is 122 Å². The summed E-state index contributed by atoms with van der Waals surface area (Å²) in [7, 11) is 0. The summed E-state index contributed by atoms with van der Waals surface area (Å²) in [5, 5.41) is 3.03. The number of benzene rings is 2. The van der Waals surface area contributed by atoms with Crippen LogP contribution in [0.2, 0.25) is 0 Å². The van der Waals surface area contributed by atoms with Gasteiger partial charge in [0.15, 0.2) is 24.3 Å². The molecule has 40 heavy (non-hydrogen) atoms. The van der Waals surface area contributed by atoms with Crippen molar-refractivity contribution in [3.8, 4) is 5.75 Å². The minimum absolute atomic E-state index is 0.0783. The third-order valence-electron chi connectivity index (χ3n) is 7.22. The summed E-state index contributed by atoms with van der Waals surface area (Å²) in [6, 6.07) is 13.0. The molecule has 0 aliphatic heterocycles. The van der Waals surface area contributed by atoms with E-state index < -0.39 is 0 Å². The summed E-state index contributed by atoms with van der Waals surface area (Å²) >= 11 is 1.68. The molecular formula is C34H47N2O3S+. The predicted octanol–water partition coefficient (Wildman–Crippen LogP) is 8.93. The maximum absolute atomic E-state index is 13.4. The van der Waals surface area contributed by atoms with E-state index >= 15 is 0 Å². The lowest BCUT2D eigenvalue weighted by Crippen LogP contribution is -2.32.